The van der Waals surface area contributed by atoms with Crippen molar-refractivity contribution >= 4 is 29.3 Å². The summed E-state index contributed by atoms with van der Waals surface area (Å²) in [6, 6.07) is 6.62. The molecular formula is C8H8Cl2O2. The summed E-state index contributed by atoms with van der Waals surface area (Å²) in [5.41, 5.74) is 0.479. The van der Waals surface area contributed by atoms with Crippen LogP contribution < -0.4 is 4.74 Å². The molecule has 0 fully saturated rings. The Labute approximate surface area is 81.9 Å². The van der Waals surface area contributed by atoms with Gasteiger partial charge in [0.05, 0.1) is 7.11 Å². The van der Waals surface area contributed by atoms with Gasteiger partial charge in [0.25, 0.3) is 5.24 Å². The lowest BCUT2D eigenvalue weighted by molar-refractivity contribution is 0.108. The summed E-state index contributed by atoms with van der Waals surface area (Å²) >= 11 is 5.22. The Hall–Kier alpha value is -0.730. The molecule has 4 heteroatoms. The third-order valence-electron chi connectivity index (χ3n) is 1.32. The Balaban J connectivity index is 0.00000121. The highest BCUT2D eigenvalue weighted by Gasteiger charge is 1.99. The summed E-state index contributed by atoms with van der Waals surface area (Å²) < 4.78 is 4.89. The first-order chi connectivity index (χ1) is 5.24. The first kappa shape index (κ1) is 11.3. The van der Waals surface area contributed by atoms with E-state index in [1.807, 2.05) is 0 Å². The number of hydrogen-bond acceptors (Lipinski definition) is 2. The molecule has 0 aliphatic carbocycles. The molecule has 0 spiro atoms. The zero-order chi connectivity index (χ0) is 8.27. The van der Waals surface area contributed by atoms with Crippen molar-refractivity contribution in [3.05, 3.63) is 29.8 Å². The van der Waals surface area contributed by atoms with Crippen LogP contribution in [0.25, 0.3) is 0 Å². The van der Waals surface area contributed by atoms with E-state index in [1.165, 1.54) is 0 Å². The molecule has 0 bridgehead atoms. The molecule has 2 nitrogen and oxygen atoms in total. The van der Waals surface area contributed by atoms with E-state index in [9.17, 15) is 4.79 Å². The van der Waals surface area contributed by atoms with Crippen molar-refractivity contribution in [2.75, 3.05) is 7.11 Å². The zero-order valence-electron chi connectivity index (χ0n) is 6.41. The second-order valence-corrected chi connectivity index (χ2v) is 2.35. The molecule has 0 heterocycles. The van der Waals surface area contributed by atoms with Crippen LogP contribution in [-0.4, -0.2) is 12.4 Å². The number of carbonyl (C=O) groups excluding carboxylic acids is 1. The van der Waals surface area contributed by atoms with E-state index in [1.54, 1.807) is 31.4 Å². The summed E-state index contributed by atoms with van der Waals surface area (Å²) in [4.78, 5) is 10.6. The van der Waals surface area contributed by atoms with E-state index in [2.05, 4.69) is 0 Å². The first-order valence-corrected chi connectivity index (χ1v) is 3.45. The number of benzene rings is 1. The van der Waals surface area contributed by atoms with Crippen molar-refractivity contribution in [1.82, 2.24) is 0 Å². The van der Waals surface area contributed by atoms with Crippen LogP contribution in [-0.2, 0) is 0 Å². The van der Waals surface area contributed by atoms with Crippen LogP contribution in [0.2, 0.25) is 0 Å². The molecule has 1 aromatic rings. The number of halogens is 2. The SMILES string of the molecule is COc1ccc(C(=O)Cl)cc1.Cl. The van der Waals surface area contributed by atoms with Crippen LogP contribution in [0.5, 0.6) is 5.75 Å². The minimum absolute atomic E-state index is 0. The molecular weight excluding hydrogens is 199 g/mol. The van der Waals surface area contributed by atoms with Gasteiger partial charge in [-0.15, -0.1) is 12.4 Å². The highest BCUT2D eigenvalue weighted by atomic mass is 35.5. The smallest absolute Gasteiger partial charge is 0.252 e. The van der Waals surface area contributed by atoms with Gasteiger partial charge in [-0.05, 0) is 35.9 Å². The van der Waals surface area contributed by atoms with Gasteiger partial charge in [-0.2, -0.15) is 0 Å². The quantitative estimate of drug-likeness (QED) is 0.696. The van der Waals surface area contributed by atoms with E-state index in [-0.39, 0.29) is 12.4 Å². The van der Waals surface area contributed by atoms with Gasteiger partial charge in [0.1, 0.15) is 5.75 Å². The number of carbonyl (C=O) groups is 1. The minimum Gasteiger partial charge on any atom is -0.497 e. The maximum absolute atomic E-state index is 10.6. The average Bonchev–Trinajstić information content (AvgIpc) is 2.05. The Kier molecular flexibility index (Phi) is 4.71. The molecule has 0 aromatic heterocycles. The van der Waals surface area contributed by atoms with Gasteiger partial charge in [0.2, 0.25) is 0 Å². The molecule has 0 radical (unpaired) electrons. The van der Waals surface area contributed by atoms with Gasteiger partial charge in [0.15, 0.2) is 0 Å². The standard InChI is InChI=1S/C8H7ClO2.ClH/c1-11-7-4-2-6(3-5-7)8(9)10;/h2-5H,1H3;1H. The molecule has 0 aliphatic heterocycles. The third-order valence-corrected chi connectivity index (χ3v) is 1.54. The molecule has 0 saturated carbocycles. The number of ether oxygens (including phenoxy) is 1. The number of hydrogen-bond donors (Lipinski definition) is 0. The Morgan fingerprint density at radius 3 is 2.17 bits per heavy atom. The van der Waals surface area contributed by atoms with Gasteiger partial charge < -0.3 is 4.74 Å². The van der Waals surface area contributed by atoms with Crippen LogP contribution in [0.15, 0.2) is 24.3 Å². The fourth-order valence-electron chi connectivity index (χ4n) is 0.722. The lowest BCUT2D eigenvalue weighted by Gasteiger charge is -1.98. The summed E-state index contributed by atoms with van der Waals surface area (Å²) in [5, 5.41) is -0.451. The third kappa shape index (κ3) is 2.72. The van der Waals surface area contributed by atoms with E-state index in [0.29, 0.717) is 11.3 Å². The van der Waals surface area contributed by atoms with Crippen molar-refractivity contribution in [2.24, 2.45) is 0 Å². The maximum Gasteiger partial charge on any atom is 0.252 e. The maximum atomic E-state index is 10.6. The predicted octanol–water partition coefficient (Wildman–Crippen LogP) is 2.50. The van der Waals surface area contributed by atoms with Gasteiger partial charge >= 0.3 is 0 Å². The average molecular weight is 207 g/mol. The lowest BCUT2D eigenvalue weighted by Crippen LogP contribution is -1.88. The van der Waals surface area contributed by atoms with Crippen molar-refractivity contribution in [3.8, 4) is 5.75 Å². The lowest BCUT2D eigenvalue weighted by atomic mass is 10.2. The van der Waals surface area contributed by atoms with E-state index < -0.39 is 5.24 Å². The Bertz CT molecular complexity index is 256. The highest BCUT2D eigenvalue weighted by Crippen LogP contribution is 2.12. The van der Waals surface area contributed by atoms with Crippen molar-refractivity contribution < 1.29 is 9.53 Å². The highest BCUT2D eigenvalue weighted by molar-refractivity contribution is 6.67. The summed E-state index contributed by atoms with van der Waals surface area (Å²) in [5.74, 6) is 0.715. The molecule has 1 aromatic carbocycles. The molecule has 1 rings (SSSR count). The fraction of sp³-hybridized carbons (Fsp3) is 0.125. The monoisotopic (exact) mass is 206 g/mol. The van der Waals surface area contributed by atoms with Crippen LogP contribution >= 0.6 is 24.0 Å². The Morgan fingerprint density at radius 2 is 1.83 bits per heavy atom. The zero-order valence-corrected chi connectivity index (χ0v) is 7.98. The molecule has 12 heavy (non-hydrogen) atoms. The minimum atomic E-state index is -0.451. The van der Waals surface area contributed by atoms with Crippen LogP contribution in [0.1, 0.15) is 10.4 Å². The van der Waals surface area contributed by atoms with Gasteiger partial charge in [-0.1, -0.05) is 0 Å². The van der Waals surface area contributed by atoms with Gasteiger partial charge in [-0.25, -0.2) is 0 Å². The number of methoxy groups -OCH3 is 1. The summed E-state index contributed by atoms with van der Waals surface area (Å²) in [6.07, 6.45) is 0. The topological polar surface area (TPSA) is 26.3 Å². The van der Waals surface area contributed by atoms with E-state index in [0.717, 1.165) is 0 Å². The predicted molar refractivity (Wildman–Crippen MR) is 50.4 cm³/mol. The Morgan fingerprint density at radius 1 is 1.33 bits per heavy atom. The van der Waals surface area contributed by atoms with Crippen LogP contribution in [0.4, 0.5) is 0 Å². The van der Waals surface area contributed by atoms with Crippen molar-refractivity contribution in [3.63, 3.8) is 0 Å². The van der Waals surface area contributed by atoms with Crippen molar-refractivity contribution in [2.45, 2.75) is 0 Å². The van der Waals surface area contributed by atoms with Gasteiger partial charge in [-0.3, -0.25) is 4.79 Å². The second kappa shape index (κ2) is 5.01. The van der Waals surface area contributed by atoms with Crippen molar-refractivity contribution in [1.29, 1.82) is 0 Å². The van der Waals surface area contributed by atoms with Gasteiger partial charge in [0, 0.05) is 5.56 Å². The molecule has 0 N–H and O–H groups in total. The molecule has 0 aliphatic rings. The molecule has 66 valence electrons. The number of rotatable bonds is 2. The fourth-order valence-corrected chi connectivity index (χ4v) is 0.848. The summed E-state index contributed by atoms with van der Waals surface area (Å²) in [7, 11) is 1.57. The van der Waals surface area contributed by atoms with E-state index in [4.69, 9.17) is 16.3 Å². The summed E-state index contributed by atoms with van der Waals surface area (Å²) in [6.45, 7) is 0. The van der Waals surface area contributed by atoms with Crippen LogP contribution in [0.3, 0.4) is 0 Å². The molecule has 0 unspecified atom stereocenters. The molecule has 0 atom stereocenters. The van der Waals surface area contributed by atoms with E-state index >= 15 is 0 Å². The largest absolute Gasteiger partial charge is 0.497 e. The molecule has 0 amide bonds. The first-order valence-electron chi connectivity index (χ1n) is 3.08. The second-order valence-electron chi connectivity index (χ2n) is 2.00. The molecule has 0 saturated heterocycles. The normalized spacial score (nSPS) is 8.50. The van der Waals surface area contributed by atoms with Crippen LogP contribution in [0, 0.1) is 0 Å².